The van der Waals surface area contributed by atoms with Gasteiger partial charge in [-0.1, -0.05) is 30.3 Å². The lowest BCUT2D eigenvalue weighted by Crippen LogP contribution is -2.48. The van der Waals surface area contributed by atoms with E-state index in [-0.39, 0.29) is 12.1 Å². The molecule has 0 N–H and O–H groups in total. The highest BCUT2D eigenvalue weighted by Gasteiger charge is 2.31. The molecule has 0 spiro atoms. The summed E-state index contributed by atoms with van der Waals surface area (Å²) in [7, 11) is 0. The van der Waals surface area contributed by atoms with E-state index in [2.05, 4.69) is 39.3 Å². The first-order chi connectivity index (χ1) is 13.3. The highest BCUT2D eigenvalue weighted by molar-refractivity contribution is 5.68. The molecule has 1 aliphatic rings. The van der Waals surface area contributed by atoms with Crippen LogP contribution in [0.5, 0.6) is 0 Å². The van der Waals surface area contributed by atoms with Crippen molar-refractivity contribution < 1.29 is 14.1 Å². The zero-order valence-corrected chi connectivity index (χ0v) is 17.2. The first-order valence-electron chi connectivity index (χ1n) is 9.90. The number of piperidine rings is 1. The first kappa shape index (κ1) is 20.2. The minimum atomic E-state index is -0.474. The highest BCUT2D eigenvalue weighted by Crippen LogP contribution is 2.23. The molecule has 1 aromatic heterocycles. The molecule has 0 radical (unpaired) electrons. The van der Waals surface area contributed by atoms with E-state index in [9.17, 15) is 4.79 Å². The molecule has 152 valence electrons. The smallest absolute Gasteiger partial charge is 0.410 e. The van der Waals surface area contributed by atoms with Crippen LogP contribution in [0.15, 0.2) is 34.9 Å². The molecule has 1 fully saturated rings. The maximum Gasteiger partial charge on any atom is 0.410 e. The predicted molar refractivity (Wildman–Crippen MR) is 107 cm³/mol. The molecule has 3 rings (SSSR count). The molecule has 1 saturated heterocycles. The summed E-state index contributed by atoms with van der Waals surface area (Å²) in [6.45, 7) is 9.61. The van der Waals surface area contributed by atoms with Gasteiger partial charge in [-0.2, -0.15) is 4.98 Å². The second-order valence-corrected chi connectivity index (χ2v) is 8.24. The van der Waals surface area contributed by atoms with Gasteiger partial charge in [0.05, 0.1) is 0 Å². The van der Waals surface area contributed by atoms with Crippen LogP contribution >= 0.6 is 0 Å². The van der Waals surface area contributed by atoms with Gasteiger partial charge >= 0.3 is 6.09 Å². The number of amides is 1. The second kappa shape index (κ2) is 8.63. The minimum absolute atomic E-state index is 0.239. The van der Waals surface area contributed by atoms with Gasteiger partial charge in [0.1, 0.15) is 5.60 Å². The van der Waals surface area contributed by atoms with E-state index in [1.165, 1.54) is 5.56 Å². The van der Waals surface area contributed by atoms with Gasteiger partial charge in [-0.25, -0.2) is 4.79 Å². The average molecular weight is 386 g/mol. The summed E-state index contributed by atoms with van der Waals surface area (Å²) in [5.41, 5.74) is 0.802. The Bertz CT molecular complexity index is 761. The number of hydrogen-bond acceptors (Lipinski definition) is 6. The van der Waals surface area contributed by atoms with E-state index < -0.39 is 5.60 Å². The van der Waals surface area contributed by atoms with Crippen LogP contribution in [0, 0.1) is 6.92 Å². The van der Waals surface area contributed by atoms with Gasteiger partial charge in [-0.3, -0.25) is 0 Å². The zero-order valence-electron chi connectivity index (χ0n) is 17.2. The van der Waals surface area contributed by atoms with Crippen LogP contribution in [0.4, 0.5) is 10.7 Å². The molecule has 0 saturated carbocycles. The number of anilines is 1. The third kappa shape index (κ3) is 5.47. The number of rotatable bonds is 5. The Balaban J connectivity index is 1.64. The molecular weight excluding hydrogens is 356 g/mol. The van der Waals surface area contributed by atoms with Crippen molar-refractivity contribution in [3.8, 4) is 0 Å². The van der Waals surface area contributed by atoms with E-state index in [4.69, 9.17) is 9.26 Å². The Kier molecular flexibility index (Phi) is 6.21. The topological polar surface area (TPSA) is 71.7 Å². The van der Waals surface area contributed by atoms with Crippen LogP contribution < -0.4 is 4.90 Å². The Morgan fingerprint density at radius 1 is 1.25 bits per heavy atom. The molecule has 1 aliphatic heterocycles. The van der Waals surface area contributed by atoms with E-state index in [0.29, 0.717) is 24.9 Å². The number of hydrogen-bond donors (Lipinski definition) is 0. The summed E-state index contributed by atoms with van der Waals surface area (Å²) < 4.78 is 10.7. The molecule has 0 aliphatic carbocycles. The van der Waals surface area contributed by atoms with E-state index >= 15 is 0 Å². The molecule has 7 heteroatoms. The number of carbonyl (C=O) groups excluding carboxylic acids is 1. The number of likely N-dealkylation sites (tertiary alicyclic amines) is 1. The van der Waals surface area contributed by atoms with Gasteiger partial charge in [0.15, 0.2) is 0 Å². The van der Waals surface area contributed by atoms with Crippen molar-refractivity contribution in [2.24, 2.45) is 0 Å². The molecule has 28 heavy (non-hydrogen) atoms. The quantitative estimate of drug-likeness (QED) is 0.778. The monoisotopic (exact) mass is 386 g/mol. The number of benzene rings is 1. The van der Waals surface area contributed by atoms with Crippen molar-refractivity contribution in [3.63, 3.8) is 0 Å². The van der Waals surface area contributed by atoms with E-state index in [1.807, 2.05) is 26.8 Å². The highest BCUT2D eigenvalue weighted by atomic mass is 16.6. The Labute approximate surface area is 166 Å². The van der Waals surface area contributed by atoms with Gasteiger partial charge in [0.2, 0.25) is 5.89 Å². The number of aryl methyl sites for hydroxylation is 1. The van der Waals surface area contributed by atoms with Crippen LogP contribution in [-0.4, -0.2) is 52.4 Å². The third-order valence-electron chi connectivity index (χ3n) is 4.81. The van der Waals surface area contributed by atoms with Crippen LogP contribution in [0.3, 0.4) is 0 Å². The molecule has 7 nitrogen and oxygen atoms in total. The summed E-state index contributed by atoms with van der Waals surface area (Å²) in [4.78, 5) is 20.8. The maximum absolute atomic E-state index is 12.3. The van der Waals surface area contributed by atoms with Crippen molar-refractivity contribution in [1.82, 2.24) is 15.0 Å². The zero-order chi connectivity index (χ0) is 20.1. The standard InChI is InChI=1S/C21H30N4O3/c1-16-22-19(23-28-16)25(15-10-17-8-6-5-7-9-17)18-11-13-24(14-12-18)20(26)27-21(2,3)4/h5-9,18H,10-15H2,1-4H3. The SMILES string of the molecule is Cc1nc(N(CCc2ccccc2)C2CCN(C(=O)OC(C)(C)C)CC2)no1. The fourth-order valence-electron chi connectivity index (χ4n) is 3.43. The normalized spacial score (nSPS) is 15.5. The number of carbonyl (C=O) groups is 1. The molecule has 1 aromatic carbocycles. The Morgan fingerprint density at radius 2 is 1.93 bits per heavy atom. The Morgan fingerprint density at radius 3 is 2.50 bits per heavy atom. The van der Waals surface area contributed by atoms with Crippen molar-refractivity contribution >= 4 is 12.0 Å². The van der Waals surface area contributed by atoms with Crippen LogP contribution in [0.25, 0.3) is 0 Å². The lowest BCUT2D eigenvalue weighted by molar-refractivity contribution is 0.0204. The van der Waals surface area contributed by atoms with Gasteiger partial charge in [-0.15, -0.1) is 0 Å². The fraction of sp³-hybridized carbons (Fsp3) is 0.571. The van der Waals surface area contributed by atoms with Crippen molar-refractivity contribution in [2.45, 2.75) is 58.6 Å². The van der Waals surface area contributed by atoms with Gasteiger partial charge in [0.25, 0.3) is 5.95 Å². The van der Waals surface area contributed by atoms with Crippen LogP contribution in [0.2, 0.25) is 0 Å². The molecule has 0 bridgehead atoms. The molecule has 0 atom stereocenters. The summed E-state index contributed by atoms with van der Waals surface area (Å²) in [6.07, 6.45) is 2.36. The fourth-order valence-corrected chi connectivity index (χ4v) is 3.43. The van der Waals surface area contributed by atoms with Crippen LogP contribution in [-0.2, 0) is 11.2 Å². The largest absolute Gasteiger partial charge is 0.444 e. The van der Waals surface area contributed by atoms with Crippen LogP contribution in [0.1, 0.15) is 45.1 Å². The van der Waals surface area contributed by atoms with E-state index in [0.717, 1.165) is 25.8 Å². The number of ether oxygens (including phenoxy) is 1. The molecule has 1 amide bonds. The van der Waals surface area contributed by atoms with Gasteiger partial charge in [-0.05, 0) is 50.8 Å². The Hall–Kier alpha value is -2.57. The van der Waals surface area contributed by atoms with Crippen molar-refractivity contribution in [2.75, 3.05) is 24.5 Å². The minimum Gasteiger partial charge on any atom is -0.444 e. The van der Waals surface area contributed by atoms with Gasteiger partial charge < -0.3 is 19.1 Å². The average Bonchev–Trinajstić information content (AvgIpc) is 3.08. The second-order valence-electron chi connectivity index (χ2n) is 8.24. The summed E-state index contributed by atoms with van der Waals surface area (Å²) in [5.74, 6) is 1.19. The number of nitrogens with zero attached hydrogens (tertiary/aromatic N) is 4. The van der Waals surface area contributed by atoms with Crippen molar-refractivity contribution in [3.05, 3.63) is 41.8 Å². The molecule has 2 aromatic rings. The number of aromatic nitrogens is 2. The predicted octanol–water partition coefficient (Wildman–Crippen LogP) is 3.83. The first-order valence-corrected chi connectivity index (χ1v) is 9.90. The summed E-state index contributed by atoms with van der Waals surface area (Å²) >= 11 is 0. The van der Waals surface area contributed by atoms with E-state index in [1.54, 1.807) is 11.8 Å². The lowest BCUT2D eigenvalue weighted by atomic mass is 10.0. The molecule has 0 unspecified atom stereocenters. The maximum atomic E-state index is 12.3. The van der Waals surface area contributed by atoms with Crippen molar-refractivity contribution in [1.29, 1.82) is 0 Å². The summed E-state index contributed by atoms with van der Waals surface area (Å²) in [5, 5.41) is 4.14. The summed E-state index contributed by atoms with van der Waals surface area (Å²) in [6, 6.07) is 10.7. The van der Waals surface area contributed by atoms with Gasteiger partial charge in [0, 0.05) is 32.6 Å². The lowest BCUT2D eigenvalue weighted by Gasteiger charge is -2.38. The molecule has 2 heterocycles. The molecular formula is C21H30N4O3. The third-order valence-corrected chi connectivity index (χ3v) is 4.81.